The second-order valence-corrected chi connectivity index (χ2v) is 7.68. The lowest BCUT2D eigenvalue weighted by Gasteiger charge is -2.33. The molecular weight excluding hydrogens is 334 g/mol. The van der Waals surface area contributed by atoms with Crippen LogP contribution in [0.3, 0.4) is 0 Å². The van der Waals surface area contributed by atoms with Gasteiger partial charge in [-0.25, -0.2) is 9.50 Å². The van der Waals surface area contributed by atoms with Crippen molar-refractivity contribution in [1.29, 1.82) is 0 Å². The number of rotatable bonds is 5. The first kappa shape index (κ1) is 18.1. The van der Waals surface area contributed by atoms with E-state index in [9.17, 15) is 0 Å². The largest absolute Gasteiger partial charge is 0.324 e. The molecular formula is C22H29N5. The lowest BCUT2D eigenvalue weighted by Crippen LogP contribution is -2.34. The number of piperidine rings is 1. The van der Waals surface area contributed by atoms with E-state index in [1.807, 2.05) is 13.1 Å². The van der Waals surface area contributed by atoms with Crippen LogP contribution in [-0.2, 0) is 6.54 Å². The Morgan fingerprint density at radius 1 is 1.22 bits per heavy atom. The summed E-state index contributed by atoms with van der Waals surface area (Å²) in [5.41, 5.74) is 12.0. The summed E-state index contributed by atoms with van der Waals surface area (Å²) in [4.78, 5) is 7.18. The lowest BCUT2D eigenvalue weighted by molar-refractivity contribution is 0.197. The zero-order chi connectivity index (χ0) is 18.8. The third kappa shape index (κ3) is 3.62. The van der Waals surface area contributed by atoms with Crippen LogP contribution < -0.4 is 5.73 Å². The average molecular weight is 364 g/mol. The van der Waals surface area contributed by atoms with Gasteiger partial charge in [0.1, 0.15) is 0 Å². The fourth-order valence-electron chi connectivity index (χ4n) is 4.32. The van der Waals surface area contributed by atoms with Gasteiger partial charge in [-0.3, -0.25) is 4.90 Å². The Balaban J connectivity index is 1.62. The van der Waals surface area contributed by atoms with E-state index >= 15 is 0 Å². The minimum Gasteiger partial charge on any atom is -0.324 e. The Hall–Kier alpha value is -2.24. The molecule has 5 nitrogen and oxygen atoms in total. The highest BCUT2D eigenvalue weighted by molar-refractivity contribution is 5.52. The van der Waals surface area contributed by atoms with Gasteiger partial charge in [0.25, 0.3) is 0 Å². The summed E-state index contributed by atoms with van der Waals surface area (Å²) in [5, 5.41) is 4.82. The molecule has 2 N–H and O–H groups in total. The second kappa shape index (κ2) is 7.79. The Kier molecular flexibility index (Phi) is 5.23. The van der Waals surface area contributed by atoms with Crippen molar-refractivity contribution in [3.8, 4) is 0 Å². The van der Waals surface area contributed by atoms with E-state index in [-0.39, 0.29) is 6.04 Å². The topological polar surface area (TPSA) is 59.4 Å². The minimum absolute atomic E-state index is 0.00816. The van der Waals surface area contributed by atoms with E-state index in [0.29, 0.717) is 5.92 Å². The van der Waals surface area contributed by atoms with Gasteiger partial charge in [0.2, 0.25) is 0 Å². The van der Waals surface area contributed by atoms with Crippen LogP contribution in [0, 0.1) is 6.92 Å². The number of aromatic nitrogens is 3. The van der Waals surface area contributed by atoms with Gasteiger partial charge in [0.05, 0.1) is 11.4 Å². The van der Waals surface area contributed by atoms with E-state index in [4.69, 9.17) is 10.8 Å². The van der Waals surface area contributed by atoms with Crippen molar-refractivity contribution in [3.63, 3.8) is 0 Å². The van der Waals surface area contributed by atoms with Crippen molar-refractivity contribution < 1.29 is 0 Å². The van der Waals surface area contributed by atoms with E-state index in [1.54, 1.807) is 0 Å². The fourth-order valence-corrected chi connectivity index (χ4v) is 4.32. The van der Waals surface area contributed by atoms with Gasteiger partial charge < -0.3 is 5.73 Å². The molecule has 2 unspecified atom stereocenters. The minimum atomic E-state index is -0.00816. The van der Waals surface area contributed by atoms with E-state index in [1.165, 1.54) is 24.1 Å². The fraction of sp³-hybridized carbons (Fsp3) is 0.455. The van der Waals surface area contributed by atoms with Crippen molar-refractivity contribution in [1.82, 2.24) is 19.5 Å². The van der Waals surface area contributed by atoms with E-state index in [0.717, 1.165) is 43.0 Å². The SMILES string of the molecule is CCC(N)c1c(C)nn2c(C3CCCN(Cc4ccccc4)C3)ccnc12. The zero-order valence-electron chi connectivity index (χ0n) is 16.3. The molecule has 1 aliphatic rings. The normalized spacial score (nSPS) is 19.4. The monoisotopic (exact) mass is 363 g/mol. The molecule has 1 aliphatic heterocycles. The van der Waals surface area contributed by atoms with Crippen molar-refractivity contribution in [2.24, 2.45) is 5.73 Å². The molecule has 142 valence electrons. The number of hydrogen-bond acceptors (Lipinski definition) is 4. The van der Waals surface area contributed by atoms with Crippen molar-refractivity contribution in [3.05, 3.63) is 65.1 Å². The standard InChI is InChI=1S/C22H29N5/c1-3-19(23)21-16(2)25-27-20(11-12-24-22(21)27)18-10-7-13-26(15-18)14-17-8-5-4-6-9-17/h4-6,8-9,11-12,18-19H,3,7,10,13-15,23H2,1-2H3. The summed E-state index contributed by atoms with van der Waals surface area (Å²) >= 11 is 0. The molecule has 2 aromatic heterocycles. The van der Waals surface area contributed by atoms with Crippen LogP contribution in [0.15, 0.2) is 42.6 Å². The molecule has 0 amide bonds. The first-order valence-corrected chi connectivity index (χ1v) is 10.0. The van der Waals surface area contributed by atoms with Crippen molar-refractivity contribution in [2.45, 2.75) is 51.6 Å². The number of fused-ring (bicyclic) bond motifs is 1. The number of nitrogens with two attached hydrogens (primary N) is 1. The molecule has 3 heterocycles. The summed E-state index contributed by atoms with van der Waals surface area (Å²) in [6.45, 7) is 7.38. The smallest absolute Gasteiger partial charge is 0.160 e. The Bertz CT molecular complexity index is 902. The maximum atomic E-state index is 6.34. The van der Waals surface area contributed by atoms with Gasteiger partial charge in [-0.1, -0.05) is 37.3 Å². The van der Waals surface area contributed by atoms with Crippen molar-refractivity contribution in [2.75, 3.05) is 13.1 Å². The van der Waals surface area contributed by atoms with Crippen LogP contribution >= 0.6 is 0 Å². The number of benzene rings is 1. The molecule has 1 fully saturated rings. The quantitative estimate of drug-likeness (QED) is 0.748. The lowest BCUT2D eigenvalue weighted by atomic mass is 9.94. The van der Waals surface area contributed by atoms with Crippen LogP contribution in [0.2, 0.25) is 0 Å². The first-order chi connectivity index (χ1) is 13.2. The molecule has 1 saturated heterocycles. The van der Waals surface area contributed by atoms with Crippen molar-refractivity contribution >= 4 is 5.65 Å². The summed E-state index contributed by atoms with van der Waals surface area (Å²) in [7, 11) is 0. The van der Waals surface area contributed by atoms with Crippen LogP contribution in [0.5, 0.6) is 0 Å². The first-order valence-electron chi connectivity index (χ1n) is 10.0. The highest BCUT2D eigenvalue weighted by Crippen LogP contribution is 2.30. The Labute approximate surface area is 161 Å². The average Bonchev–Trinajstić information content (AvgIpc) is 3.04. The zero-order valence-corrected chi connectivity index (χ0v) is 16.3. The second-order valence-electron chi connectivity index (χ2n) is 7.68. The van der Waals surface area contributed by atoms with Gasteiger partial charge in [-0.15, -0.1) is 0 Å². The Morgan fingerprint density at radius 3 is 2.81 bits per heavy atom. The molecule has 2 atom stereocenters. The van der Waals surface area contributed by atoms with Crippen LogP contribution in [0.4, 0.5) is 0 Å². The molecule has 4 rings (SSSR count). The van der Waals surface area contributed by atoms with Gasteiger partial charge >= 0.3 is 0 Å². The van der Waals surface area contributed by atoms with Gasteiger partial charge in [0, 0.05) is 36.8 Å². The van der Waals surface area contributed by atoms with Gasteiger partial charge in [-0.2, -0.15) is 5.10 Å². The number of hydrogen-bond donors (Lipinski definition) is 1. The number of likely N-dealkylation sites (tertiary alicyclic amines) is 1. The van der Waals surface area contributed by atoms with Gasteiger partial charge in [0.15, 0.2) is 5.65 Å². The molecule has 0 saturated carbocycles. The summed E-state index contributed by atoms with van der Waals surface area (Å²) in [6.07, 6.45) is 5.22. The van der Waals surface area contributed by atoms with Gasteiger partial charge in [-0.05, 0) is 44.4 Å². The predicted octanol–water partition coefficient (Wildman–Crippen LogP) is 3.83. The molecule has 27 heavy (non-hydrogen) atoms. The number of aryl methyl sites for hydroxylation is 1. The Morgan fingerprint density at radius 2 is 2.04 bits per heavy atom. The molecule has 0 spiro atoms. The molecule has 5 heteroatoms. The maximum absolute atomic E-state index is 6.34. The van der Waals surface area contributed by atoms with Crippen LogP contribution in [0.1, 0.15) is 60.7 Å². The summed E-state index contributed by atoms with van der Waals surface area (Å²) < 4.78 is 2.05. The highest BCUT2D eigenvalue weighted by Gasteiger charge is 2.25. The summed E-state index contributed by atoms with van der Waals surface area (Å²) in [6, 6.07) is 12.9. The predicted molar refractivity (Wildman–Crippen MR) is 109 cm³/mol. The van der Waals surface area contributed by atoms with Crippen LogP contribution in [-0.4, -0.2) is 32.6 Å². The summed E-state index contributed by atoms with van der Waals surface area (Å²) in [5.74, 6) is 0.470. The maximum Gasteiger partial charge on any atom is 0.160 e. The van der Waals surface area contributed by atoms with E-state index < -0.39 is 0 Å². The molecule has 0 radical (unpaired) electrons. The number of nitrogens with zero attached hydrogens (tertiary/aromatic N) is 4. The third-order valence-electron chi connectivity index (χ3n) is 5.75. The van der Waals surface area contributed by atoms with E-state index in [2.05, 4.69) is 57.7 Å². The molecule has 3 aromatic rings. The molecule has 0 aliphatic carbocycles. The van der Waals surface area contributed by atoms with Crippen LogP contribution in [0.25, 0.3) is 5.65 Å². The molecule has 0 bridgehead atoms. The molecule has 1 aromatic carbocycles. The highest BCUT2D eigenvalue weighted by atomic mass is 15.3. The third-order valence-corrected chi connectivity index (χ3v) is 5.75.